The van der Waals surface area contributed by atoms with Crippen molar-refractivity contribution in [2.24, 2.45) is 0 Å². The first-order valence-corrected chi connectivity index (χ1v) is 29.2. The van der Waals surface area contributed by atoms with Crippen LogP contribution in [-0.4, -0.2) is 68.5 Å². The summed E-state index contributed by atoms with van der Waals surface area (Å²) >= 11 is 0. The highest BCUT2D eigenvalue weighted by Crippen LogP contribution is 2.38. The van der Waals surface area contributed by atoms with E-state index in [0.29, 0.717) is 17.4 Å². The van der Waals surface area contributed by atoms with Gasteiger partial charge in [0.15, 0.2) is 0 Å². The Morgan fingerprint density at radius 1 is 0.531 bits per heavy atom. The van der Waals surface area contributed by atoms with Crippen molar-refractivity contribution in [3.63, 3.8) is 0 Å². The molecular formula is C55H109N2O6P. The number of carbonyl (C=O) groups excluding carboxylic acids is 1. The molecule has 8 nitrogen and oxygen atoms in total. The van der Waals surface area contributed by atoms with Crippen LogP contribution in [0.2, 0.25) is 0 Å². The average molecular weight is 925 g/mol. The van der Waals surface area contributed by atoms with E-state index in [-0.39, 0.29) is 19.1 Å². The maximum absolute atomic E-state index is 12.9. The Balaban J connectivity index is 4.14. The number of hydrogen-bond donors (Lipinski definition) is 2. The van der Waals surface area contributed by atoms with Crippen molar-refractivity contribution in [2.45, 2.75) is 283 Å². The van der Waals surface area contributed by atoms with Gasteiger partial charge >= 0.3 is 0 Å². The number of aliphatic hydroxyl groups excluding tert-OH is 1. The summed E-state index contributed by atoms with van der Waals surface area (Å²) < 4.78 is 23.3. The van der Waals surface area contributed by atoms with Crippen LogP contribution in [-0.2, 0) is 18.4 Å². The van der Waals surface area contributed by atoms with Crippen LogP contribution in [0.4, 0.5) is 0 Å². The number of nitrogens with zero attached hydrogens (tertiary/aromatic N) is 1. The normalized spacial score (nSPS) is 14.2. The number of likely N-dealkylation sites (N-methyl/N-ethyl adjacent to an activating group) is 1. The number of unbranched alkanes of at least 4 members (excludes halogenated alkanes) is 36. The number of quaternary nitrogens is 1. The van der Waals surface area contributed by atoms with Gasteiger partial charge in [0, 0.05) is 6.42 Å². The molecule has 0 saturated heterocycles. The molecule has 0 aromatic heterocycles. The van der Waals surface area contributed by atoms with Gasteiger partial charge < -0.3 is 28.8 Å². The first-order valence-electron chi connectivity index (χ1n) is 27.7. The van der Waals surface area contributed by atoms with Gasteiger partial charge in [-0.3, -0.25) is 9.36 Å². The zero-order chi connectivity index (χ0) is 47.1. The summed E-state index contributed by atoms with van der Waals surface area (Å²) in [5.41, 5.74) is 0. The third kappa shape index (κ3) is 48.9. The highest BCUT2D eigenvalue weighted by atomic mass is 31.2. The largest absolute Gasteiger partial charge is 0.756 e. The van der Waals surface area contributed by atoms with Gasteiger partial charge in [-0.25, -0.2) is 0 Å². The maximum atomic E-state index is 12.9. The number of nitrogens with one attached hydrogen (secondary N) is 1. The number of hydrogen-bond acceptors (Lipinski definition) is 6. The Morgan fingerprint density at radius 3 is 1.22 bits per heavy atom. The molecule has 0 aromatic rings. The smallest absolute Gasteiger partial charge is 0.268 e. The zero-order valence-corrected chi connectivity index (χ0v) is 44.1. The van der Waals surface area contributed by atoms with Crippen LogP contribution in [0.1, 0.15) is 271 Å². The molecule has 3 atom stereocenters. The predicted molar refractivity (Wildman–Crippen MR) is 275 cm³/mol. The molecule has 0 aliphatic heterocycles. The highest BCUT2D eigenvalue weighted by molar-refractivity contribution is 7.45. The van der Waals surface area contributed by atoms with Crippen molar-refractivity contribution in [2.75, 3.05) is 40.9 Å². The molecule has 0 rings (SSSR count). The molecule has 2 N–H and O–H groups in total. The molecule has 0 aliphatic carbocycles. The molecular weight excluding hydrogens is 816 g/mol. The minimum atomic E-state index is -4.59. The minimum Gasteiger partial charge on any atom is -0.756 e. The van der Waals surface area contributed by atoms with E-state index in [1.807, 2.05) is 27.2 Å². The Kier molecular flexibility index (Phi) is 46.3. The molecule has 0 saturated carbocycles. The van der Waals surface area contributed by atoms with Gasteiger partial charge in [0.05, 0.1) is 39.9 Å². The number of allylic oxidation sites excluding steroid dienone is 3. The van der Waals surface area contributed by atoms with E-state index in [9.17, 15) is 19.4 Å². The van der Waals surface area contributed by atoms with Crippen LogP contribution in [0.15, 0.2) is 24.3 Å². The molecule has 0 heterocycles. The molecule has 9 heteroatoms. The van der Waals surface area contributed by atoms with Gasteiger partial charge in [0.1, 0.15) is 13.2 Å². The van der Waals surface area contributed by atoms with Gasteiger partial charge in [-0.05, 0) is 44.9 Å². The molecule has 0 radical (unpaired) electrons. The lowest BCUT2D eigenvalue weighted by molar-refractivity contribution is -0.870. The van der Waals surface area contributed by atoms with Crippen molar-refractivity contribution < 1.29 is 32.9 Å². The lowest BCUT2D eigenvalue weighted by Crippen LogP contribution is -2.45. The molecule has 0 fully saturated rings. The standard InChI is InChI=1S/C55H109N2O6P/c1-6-8-10-12-14-16-18-20-22-23-24-25-26-27-28-29-30-31-32-33-35-37-39-41-43-45-47-49-55(59)56-53(52-63-64(60,61)62-51-50-57(3,4)5)54(58)48-46-44-42-40-38-36-34-21-19-17-15-13-11-9-7-2/h23-24,46,48,53-54,58H,6-22,25-45,47,49-52H2,1-5H3,(H-,56,59,60,61)/b24-23-,48-46+. The zero-order valence-electron chi connectivity index (χ0n) is 43.3. The first kappa shape index (κ1) is 63.0. The van der Waals surface area contributed by atoms with Gasteiger partial charge in [0.25, 0.3) is 7.82 Å². The number of carbonyl (C=O) groups is 1. The van der Waals surface area contributed by atoms with Gasteiger partial charge in [0.2, 0.25) is 5.91 Å². The summed E-state index contributed by atoms with van der Waals surface area (Å²) in [5, 5.41) is 13.9. The fraction of sp³-hybridized carbons (Fsp3) is 0.909. The van der Waals surface area contributed by atoms with Crippen LogP contribution in [0.3, 0.4) is 0 Å². The highest BCUT2D eigenvalue weighted by Gasteiger charge is 2.23. The van der Waals surface area contributed by atoms with E-state index in [1.165, 1.54) is 212 Å². The third-order valence-corrected chi connectivity index (χ3v) is 13.6. The summed E-state index contributed by atoms with van der Waals surface area (Å²) in [6.07, 6.45) is 58.2. The van der Waals surface area contributed by atoms with Crippen LogP contribution in [0.5, 0.6) is 0 Å². The van der Waals surface area contributed by atoms with Gasteiger partial charge in [-0.15, -0.1) is 0 Å². The molecule has 0 bridgehead atoms. The maximum Gasteiger partial charge on any atom is 0.268 e. The van der Waals surface area contributed by atoms with Crippen molar-refractivity contribution in [1.29, 1.82) is 0 Å². The number of aliphatic hydroxyl groups is 1. The third-order valence-electron chi connectivity index (χ3n) is 12.7. The van der Waals surface area contributed by atoms with E-state index < -0.39 is 20.0 Å². The Morgan fingerprint density at radius 2 is 0.859 bits per heavy atom. The topological polar surface area (TPSA) is 108 Å². The molecule has 1 amide bonds. The molecule has 380 valence electrons. The van der Waals surface area contributed by atoms with Crippen LogP contribution in [0.25, 0.3) is 0 Å². The predicted octanol–water partition coefficient (Wildman–Crippen LogP) is 15.8. The molecule has 0 aromatic carbocycles. The van der Waals surface area contributed by atoms with Crippen LogP contribution >= 0.6 is 7.82 Å². The van der Waals surface area contributed by atoms with Crippen LogP contribution < -0.4 is 10.2 Å². The van der Waals surface area contributed by atoms with E-state index >= 15 is 0 Å². The Labute approximate surface area is 398 Å². The van der Waals surface area contributed by atoms with Crippen molar-refractivity contribution in [1.82, 2.24) is 5.32 Å². The van der Waals surface area contributed by atoms with Crippen molar-refractivity contribution >= 4 is 13.7 Å². The van der Waals surface area contributed by atoms with E-state index in [1.54, 1.807) is 6.08 Å². The molecule has 64 heavy (non-hydrogen) atoms. The number of amides is 1. The fourth-order valence-corrected chi connectivity index (χ4v) is 8.99. The van der Waals surface area contributed by atoms with Crippen molar-refractivity contribution in [3.05, 3.63) is 24.3 Å². The monoisotopic (exact) mass is 925 g/mol. The second kappa shape index (κ2) is 47.1. The summed E-state index contributed by atoms with van der Waals surface area (Å²) in [6.45, 7) is 4.68. The molecule has 0 aliphatic rings. The summed E-state index contributed by atoms with van der Waals surface area (Å²) in [4.78, 5) is 25.4. The second-order valence-corrected chi connectivity index (χ2v) is 21.7. The Hall–Kier alpha value is -1.02. The number of phosphoric ester groups is 1. The fourth-order valence-electron chi connectivity index (χ4n) is 8.27. The molecule has 3 unspecified atom stereocenters. The quantitative estimate of drug-likeness (QED) is 0.0272. The van der Waals surface area contributed by atoms with Crippen molar-refractivity contribution in [3.8, 4) is 0 Å². The lowest BCUT2D eigenvalue weighted by Gasteiger charge is -2.29. The van der Waals surface area contributed by atoms with Crippen LogP contribution in [0, 0.1) is 0 Å². The summed E-state index contributed by atoms with van der Waals surface area (Å²) in [5.74, 6) is -0.194. The van der Waals surface area contributed by atoms with E-state index in [2.05, 4.69) is 31.3 Å². The Bertz CT molecular complexity index is 1090. The lowest BCUT2D eigenvalue weighted by atomic mass is 10.0. The molecule has 0 spiro atoms. The number of phosphoric acid groups is 1. The van der Waals surface area contributed by atoms with Gasteiger partial charge in [-0.1, -0.05) is 244 Å². The first-order chi connectivity index (χ1) is 31.0. The SMILES string of the molecule is CCCCCCCCCC/C=C\CCCCCCCCCCCCCCCCCC(=O)NC(COP(=O)([O-])OCC[N+](C)(C)C)C(O)/C=C/CCCCCCCCCCCCCCC. The minimum absolute atomic E-state index is 0.00107. The van der Waals surface area contributed by atoms with E-state index in [0.717, 1.165) is 38.5 Å². The average Bonchev–Trinajstić information content (AvgIpc) is 3.25. The second-order valence-electron chi connectivity index (χ2n) is 20.3. The summed E-state index contributed by atoms with van der Waals surface area (Å²) in [6, 6.07) is -0.883. The summed E-state index contributed by atoms with van der Waals surface area (Å²) in [7, 11) is 1.27. The van der Waals surface area contributed by atoms with E-state index in [4.69, 9.17) is 9.05 Å². The van der Waals surface area contributed by atoms with Gasteiger partial charge in [-0.2, -0.15) is 0 Å². The number of rotatable bonds is 51.